The first kappa shape index (κ1) is 26.6. The summed E-state index contributed by atoms with van der Waals surface area (Å²) in [4.78, 5) is 47.1. The van der Waals surface area contributed by atoms with Gasteiger partial charge in [0, 0.05) is 42.8 Å². The van der Waals surface area contributed by atoms with Crippen molar-refractivity contribution in [3.8, 4) is 22.1 Å². The molecule has 3 aromatic heterocycles. The largest absolute Gasteiger partial charge is 0.479 e. The topological polar surface area (TPSA) is 143 Å². The van der Waals surface area contributed by atoms with Crippen LogP contribution in [0.15, 0.2) is 54.9 Å². The number of carbonyl (C=O) groups excluding carboxylic acids is 2. The zero-order valence-electron chi connectivity index (χ0n) is 21.5. The number of carboxylic acids is 1. The van der Waals surface area contributed by atoms with Crippen LogP contribution in [0.1, 0.15) is 23.2 Å². The molecular formula is C28H24FN5O6S. The lowest BCUT2D eigenvalue weighted by atomic mass is 10.2. The fourth-order valence-corrected chi connectivity index (χ4v) is 5.36. The summed E-state index contributed by atoms with van der Waals surface area (Å²) in [7, 11) is 0. The monoisotopic (exact) mass is 577 g/mol. The second-order valence-electron chi connectivity index (χ2n) is 9.64. The van der Waals surface area contributed by atoms with Gasteiger partial charge in [0.05, 0.1) is 39.5 Å². The van der Waals surface area contributed by atoms with Crippen LogP contribution in [0.2, 0.25) is 0 Å². The van der Waals surface area contributed by atoms with Gasteiger partial charge in [0.2, 0.25) is 0 Å². The summed E-state index contributed by atoms with van der Waals surface area (Å²) in [6.45, 7) is 0.414. The van der Waals surface area contributed by atoms with Crippen LogP contribution in [-0.2, 0) is 9.53 Å². The lowest BCUT2D eigenvalue weighted by Crippen LogP contribution is -2.48. The minimum atomic E-state index is -1.11. The number of carboxylic acid groups (broad SMARTS) is 1. The molecule has 0 bridgehead atoms. The maximum atomic E-state index is 14.8. The normalized spacial score (nSPS) is 16.8. The fourth-order valence-electron chi connectivity index (χ4n) is 4.31. The lowest BCUT2D eigenvalue weighted by Gasteiger charge is -2.30. The van der Waals surface area contributed by atoms with E-state index in [0.29, 0.717) is 39.5 Å². The summed E-state index contributed by atoms with van der Waals surface area (Å²) >= 11 is 1.36. The predicted octanol–water partition coefficient (Wildman–Crippen LogP) is 4.50. The molecule has 13 heteroatoms. The molecule has 1 aromatic carbocycles. The van der Waals surface area contributed by atoms with Gasteiger partial charge in [-0.2, -0.15) is 0 Å². The highest BCUT2D eigenvalue weighted by Crippen LogP contribution is 2.39. The number of aliphatic carboxylic acids is 1. The summed E-state index contributed by atoms with van der Waals surface area (Å²) in [6, 6.07) is 10.8. The average Bonchev–Trinajstić information content (AvgIpc) is 3.67. The number of thiophene rings is 1. The van der Waals surface area contributed by atoms with Gasteiger partial charge in [0.25, 0.3) is 5.91 Å². The molecule has 1 atom stereocenters. The number of amides is 3. The van der Waals surface area contributed by atoms with Gasteiger partial charge in [-0.3, -0.25) is 14.8 Å². The zero-order valence-corrected chi connectivity index (χ0v) is 22.3. The van der Waals surface area contributed by atoms with Crippen molar-refractivity contribution in [1.82, 2.24) is 20.2 Å². The molecule has 1 saturated heterocycles. The Labute approximate surface area is 236 Å². The summed E-state index contributed by atoms with van der Waals surface area (Å²) in [5, 5.41) is 14.6. The standard InChI is InChI=1S/C28H24FN5O6S/c29-18-11-17(33-28(38)32-16-2-3-16)4-6-21(18)40-22-7-8-30-20-12-24(41-25(20)22)19-5-1-15(13-31-19)26(35)34-9-10-39-23(14-34)27(36)37/h1,4-8,11-13,16,23H,2-3,9-10,14H2,(H,36,37)(H2,32,33,38). The number of hydrogen-bond acceptors (Lipinski definition) is 8. The second kappa shape index (κ2) is 11.1. The Balaban J connectivity index is 1.17. The number of morpholine rings is 1. The van der Waals surface area contributed by atoms with Crippen LogP contribution in [0, 0.1) is 5.82 Å². The minimum Gasteiger partial charge on any atom is -0.479 e. The highest BCUT2D eigenvalue weighted by Gasteiger charge is 2.29. The molecule has 1 aliphatic heterocycles. The Bertz CT molecular complexity index is 1640. The number of fused-ring (bicyclic) bond motifs is 1. The van der Waals surface area contributed by atoms with Gasteiger partial charge in [-0.25, -0.2) is 14.0 Å². The molecule has 1 unspecified atom stereocenters. The molecule has 4 aromatic rings. The van der Waals surface area contributed by atoms with Crippen molar-refractivity contribution in [3.63, 3.8) is 0 Å². The zero-order chi connectivity index (χ0) is 28.5. The van der Waals surface area contributed by atoms with E-state index in [-0.39, 0.29) is 36.9 Å². The Morgan fingerprint density at radius 2 is 1.95 bits per heavy atom. The molecule has 1 aliphatic carbocycles. The van der Waals surface area contributed by atoms with E-state index < -0.39 is 17.9 Å². The number of benzene rings is 1. The number of aromatic nitrogens is 2. The van der Waals surface area contributed by atoms with Crippen molar-refractivity contribution < 1.29 is 33.4 Å². The van der Waals surface area contributed by atoms with E-state index in [0.717, 1.165) is 17.7 Å². The Hall–Kier alpha value is -4.62. The number of nitrogens with one attached hydrogen (secondary N) is 2. The van der Waals surface area contributed by atoms with Crippen LogP contribution in [0.25, 0.3) is 20.8 Å². The molecule has 3 N–H and O–H groups in total. The fraction of sp³-hybridized carbons (Fsp3) is 0.250. The first-order chi connectivity index (χ1) is 19.8. The molecule has 11 nitrogen and oxygen atoms in total. The van der Waals surface area contributed by atoms with Gasteiger partial charge in [0.15, 0.2) is 17.7 Å². The van der Waals surface area contributed by atoms with Gasteiger partial charge >= 0.3 is 12.0 Å². The number of anilines is 1. The van der Waals surface area contributed by atoms with Crippen LogP contribution in [-0.4, -0.2) is 69.7 Å². The van der Waals surface area contributed by atoms with Crippen molar-refractivity contribution in [2.75, 3.05) is 25.0 Å². The second-order valence-corrected chi connectivity index (χ2v) is 10.7. The van der Waals surface area contributed by atoms with Crippen molar-refractivity contribution in [3.05, 3.63) is 66.2 Å². The summed E-state index contributed by atoms with van der Waals surface area (Å²) in [5.74, 6) is -1.66. The first-order valence-electron chi connectivity index (χ1n) is 12.9. The maximum absolute atomic E-state index is 14.8. The van der Waals surface area contributed by atoms with Crippen LogP contribution in [0.5, 0.6) is 11.5 Å². The molecule has 3 amide bonds. The number of pyridine rings is 2. The van der Waals surface area contributed by atoms with E-state index in [9.17, 15) is 23.9 Å². The molecule has 41 heavy (non-hydrogen) atoms. The van der Waals surface area contributed by atoms with Crippen molar-refractivity contribution in [1.29, 1.82) is 0 Å². The number of nitrogens with zero attached hydrogens (tertiary/aromatic N) is 3. The third kappa shape index (κ3) is 5.95. The minimum absolute atomic E-state index is 0.00478. The molecule has 6 rings (SSSR count). The smallest absolute Gasteiger partial charge is 0.334 e. The van der Waals surface area contributed by atoms with Crippen molar-refractivity contribution in [2.24, 2.45) is 0 Å². The van der Waals surface area contributed by atoms with E-state index in [1.807, 2.05) is 6.07 Å². The number of halogens is 1. The molecule has 0 spiro atoms. The number of ether oxygens (including phenoxy) is 2. The van der Waals surface area contributed by atoms with Crippen LogP contribution in [0.3, 0.4) is 0 Å². The van der Waals surface area contributed by atoms with E-state index in [1.54, 1.807) is 30.5 Å². The molecule has 0 radical (unpaired) electrons. The molecule has 4 heterocycles. The molecule has 210 valence electrons. The van der Waals surface area contributed by atoms with Crippen molar-refractivity contribution in [2.45, 2.75) is 25.0 Å². The molecular weight excluding hydrogens is 553 g/mol. The van der Waals surface area contributed by atoms with Gasteiger partial charge in [-0.1, -0.05) is 0 Å². The third-order valence-electron chi connectivity index (χ3n) is 6.59. The van der Waals surface area contributed by atoms with E-state index in [2.05, 4.69) is 20.6 Å². The van der Waals surface area contributed by atoms with E-state index in [4.69, 9.17) is 9.47 Å². The molecule has 2 fully saturated rings. The quantitative estimate of drug-likeness (QED) is 0.291. The van der Waals surface area contributed by atoms with E-state index in [1.165, 1.54) is 34.6 Å². The Morgan fingerprint density at radius 3 is 2.68 bits per heavy atom. The van der Waals surface area contributed by atoms with E-state index >= 15 is 0 Å². The number of rotatable bonds is 7. The SMILES string of the molecule is O=C(Nc1ccc(Oc2ccnc3cc(-c4ccc(C(=O)N5CCOC(C(=O)O)C5)cn4)sc23)c(F)c1)NC1CC1. The van der Waals surface area contributed by atoms with Gasteiger partial charge < -0.3 is 30.1 Å². The highest BCUT2D eigenvalue weighted by atomic mass is 32.1. The summed E-state index contributed by atoms with van der Waals surface area (Å²) in [6.07, 6.45) is 3.86. The number of carbonyl (C=O) groups is 3. The first-order valence-corrected chi connectivity index (χ1v) is 13.7. The average molecular weight is 578 g/mol. The lowest BCUT2D eigenvalue weighted by molar-refractivity contribution is -0.154. The Kier molecular flexibility index (Phi) is 7.20. The van der Waals surface area contributed by atoms with Crippen LogP contribution < -0.4 is 15.4 Å². The highest BCUT2D eigenvalue weighted by molar-refractivity contribution is 7.22. The summed E-state index contributed by atoms with van der Waals surface area (Å²) < 4.78 is 26.6. The summed E-state index contributed by atoms with van der Waals surface area (Å²) in [5.41, 5.74) is 1.89. The number of hydrogen-bond donors (Lipinski definition) is 3. The van der Waals surface area contributed by atoms with Crippen LogP contribution in [0.4, 0.5) is 14.9 Å². The van der Waals surface area contributed by atoms with Crippen LogP contribution >= 0.6 is 11.3 Å². The Morgan fingerprint density at radius 1 is 1.10 bits per heavy atom. The van der Waals surface area contributed by atoms with Gasteiger partial charge in [-0.15, -0.1) is 11.3 Å². The third-order valence-corrected chi connectivity index (χ3v) is 7.75. The molecule has 1 saturated carbocycles. The molecule has 2 aliphatic rings. The van der Waals surface area contributed by atoms with Gasteiger partial charge in [0.1, 0.15) is 5.75 Å². The number of urea groups is 1. The van der Waals surface area contributed by atoms with Gasteiger partial charge in [-0.05, 0) is 43.2 Å². The maximum Gasteiger partial charge on any atom is 0.334 e. The van der Waals surface area contributed by atoms with Crippen molar-refractivity contribution >= 4 is 45.1 Å². The predicted molar refractivity (Wildman–Crippen MR) is 148 cm³/mol.